The van der Waals surface area contributed by atoms with Gasteiger partial charge in [-0.25, -0.2) is 0 Å². The molecule has 1 rings (SSSR count). The first kappa shape index (κ1) is 19.0. The van der Waals surface area contributed by atoms with E-state index in [9.17, 15) is 4.79 Å². The Morgan fingerprint density at radius 3 is 2.41 bits per heavy atom. The maximum atomic E-state index is 12.4. The highest BCUT2D eigenvalue weighted by atomic mass is 16.2. The van der Waals surface area contributed by atoms with Crippen LogP contribution in [0.15, 0.2) is 4.99 Å². The first-order valence-corrected chi connectivity index (χ1v) is 9.21. The number of unbranched alkanes of at least 4 members (excludes halogenated alkanes) is 3. The van der Waals surface area contributed by atoms with Crippen LogP contribution in [0, 0.1) is 0 Å². The van der Waals surface area contributed by atoms with E-state index >= 15 is 0 Å². The van der Waals surface area contributed by atoms with Crippen LogP contribution in [0.3, 0.4) is 0 Å². The SMILES string of the molecule is CCCCN(CCCC)C(=O)CCCCC1=NCCCN1C. The lowest BCUT2D eigenvalue weighted by atomic mass is 10.1. The minimum absolute atomic E-state index is 0.348. The Bertz CT molecular complexity index is 333. The van der Waals surface area contributed by atoms with Crippen LogP contribution in [0.5, 0.6) is 0 Å². The van der Waals surface area contributed by atoms with Crippen LogP contribution in [0.2, 0.25) is 0 Å². The predicted octanol–water partition coefficient (Wildman–Crippen LogP) is 3.71. The van der Waals surface area contributed by atoms with Crippen LogP contribution in [-0.2, 0) is 4.79 Å². The topological polar surface area (TPSA) is 35.9 Å². The predicted molar refractivity (Wildman–Crippen MR) is 94.4 cm³/mol. The second-order valence-electron chi connectivity index (χ2n) is 6.37. The molecule has 0 aliphatic carbocycles. The number of amides is 1. The molecule has 1 aliphatic heterocycles. The van der Waals surface area contributed by atoms with Gasteiger partial charge >= 0.3 is 0 Å². The van der Waals surface area contributed by atoms with Crippen LogP contribution in [0.1, 0.15) is 71.6 Å². The molecule has 128 valence electrons. The van der Waals surface area contributed by atoms with E-state index < -0.39 is 0 Å². The van der Waals surface area contributed by atoms with E-state index in [-0.39, 0.29) is 0 Å². The molecular weight excluding hydrogens is 274 g/mol. The van der Waals surface area contributed by atoms with Crippen molar-refractivity contribution in [3.63, 3.8) is 0 Å². The smallest absolute Gasteiger partial charge is 0.222 e. The normalized spacial score (nSPS) is 14.9. The molecule has 0 saturated carbocycles. The molecule has 1 amide bonds. The lowest BCUT2D eigenvalue weighted by Crippen LogP contribution is -2.33. The maximum Gasteiger partial charge on any atom is 0.222 e. The summed E-state index contributed by atoms with van der Waals surface area (Å²) in [5.41, 5.74) is 0. The molecule has 4 heteroatoms. The number of nitrogens with zero attached hydrogens (tertiary/aromatic N) is 3. The second kappa shape index (κ2) is 11.5. The molecule has 0 aromatic heterocycles. The van der Waals surface area contributed by atoms with E-state index in [4.69, 9.17) is 0 Å². The molecule has 4 nitrogen and oxygen atoms in total. The summed E-state index contributed by atoms with van der Waals surface area (Å²) in [6.07, 6.45) is 9.50. The summed E-state index contributed by atoms with van der Waals surface area (Å²) in [4.78, 5) is 21.3. The van der Waals surface area contributed by atoms with E-state index in [1.54, 1.807) is 0 Å². The zero-order chi connectivity index (χ0) is 16.2. The quantitative estimate of drug-likeness (QED) is 0.545. The summed E-state index contributed by atoms with van der Waals surface area (Å²) in [7, 11) is 2.13. The molecule has 0 saturated heterocycles. The average molecular weight is 309 g/mol. The van der Waals surface area contributed by atoms with E-state index in [0.29, 0.717) is 12.3 Å². The highest BCUT2D eigenvalue weighted by Gasteiger charge is 2.13. The molecule has 0 aromatic rings. The van der Waals surface area contributed by atoms with Gasteiger partial charge in [-0.2, -0.15) is 0 Å². The Balaban J connectivity index is 2.25. The van der Waals surface area contributed by atoms with Gasteiger partial charge in [-0.3, -0.25) is 9.79 Å². The van der Waals surface area contributed by atoms with E-state index in [2.05, 4.69) is 35.7 Å². The lowest BCUT2D eigenvalue weighted by molar-refractivity contribution is -0.131. The van der Waals surface area contributed by atoms with Crippen LogP contribution >= 0.6 is 0 Å². The minimum Gasteiger partial charge on any atom is -0.363 e. The molecule has 1 aliphatic rings. The summed E-state index contributed by atoms with van der Waals surface area (Å²) in [6, 6.07) is 0. The highest BCUT2D eigenvalue weighted by molar-refractivity contribution is 5.82. The van der Waals surface area contributed by atoms with E-state index in [0.717, 1.165) is 71.1 Å². The van der Waals surface area contributed by atoms with Crippen molar-refractivity contribution in [1.82, 2.24) is 9.80 Å². The van der Waals surface area contributed by atoms with Gasteiger partial charge in [0.25, 0.3) is 0 Å². The molecular formula is C18H35N3O. The number of carbonyl (C=O) groups excluding carboxylic acids is 1. The third-order valence-electron chi connectivity index (χ3n) is 4.34. The van der Waals surface area contributed by atoms with Crippen molar-refractivity contribution < 1.29 is 4.79 Å². The van der Waals surface area contributed by atoms with Crippen molar-refractivity contribution in [2.75, 3.05) is 33.2 Å². The molecule has 0 fully saturated rings. The minimum atomic E-state index is 0.348. The lowest BCUT2D eigenvalue weighted by Gasteiger charge is -2.25. The van der Waals surface area contributed by atoms with Gasteiger partial charge in [-0.05, 0) is 32.1 Å². The summed E-state index contributed by atoms with van der Waals surface area (Å²) in [5, 5.41) is 0. The van der Waals surface area contributed by atoms with Gasteiger partial charge in [0.05, 0.1) is 5.84 Å². The highest BCUT2D eigenvalue weighted by Crippen LogP contribution is 2.10. The van der Waals surface area contributed by atoms with Gasteiger partial charge in [-0.15, -0.1) is 0 Å². The fraction of sp³-hybridized carbons (Fsp3) is 0.889. The molecule has 0 atom stereocenters. The largest absolute Gasteiger partial charge is 0.363 e. The molecule has 0 bridgehead atoms. The zero-order valence-electron chi connectivity index (χ0n) is 14.9. The first-order chi connectivity index (χ1) is 10.7. The van der Waals surface area contributed by atoms with Crippen molar-refractivity contribution in [1.29, 1.82) is 0 Å². The van der Waals surface area contributed by atoms with Crippen molar-refractivity contribution in [3.8, 4) is 0 Å². The van der Waals surface area contributed by atoms with Gasteiger partial charge < -0.3 is 9.80 Å². The molecule has 0 N–H and O–H groups in total. The van der Waals surface area contributed by atoms with E-state index in [1.807, 2.05) is 0 Å². The summed E-state index contributed by atoms with van der Waals surface area (Å²) in [5.74, 6) is 1.58. The molecule has 0 aromatic carbocycles. The van der Waals surface area contributed by atoms with Crippen molar-refractivity contribution >= 4 is 11.7 Å². The molecule has 1 heterocycles. The van der Waals surface area contributed by atoms with Crippen LogP contribution < -0.4 is 0 Å². The number of rotatable bonds is 11. The molecule has 0 unspecified atom stereocenters. The van der Waals surface area contributed by atoms with Crippen molar-refractivity contribution in [2.24, 2.45) is 4.99 Å². The fourth-order valence-electron chi connectivity index (χ4n) is 2.81. The van der Waals surface area contributed by atoms with Gasteiger partial charge in [0.15, 0.2) is 0 Å². The van der Waals surface area contributed by atoms with E-state index in [1.165, 1.54) is 12.3 Å². The third-order valence-corrected chi connectivity index (χ3v) is 4.34. The Labute approximate surface area is 137 Å². The van der Waals surface area contributed by atoms with Gasteiger partial charge in [0, 0.05) is 46.1 Å². The number of aliphatic imine (C=N–C) groups is 1. The van der Waals surface area contributed by atoms with Crippen molar-refractivity contribution in [3.05, 3.63) is 0 Å². The number of amidine groups is 1. The average Bonchev–Trinajstić information content (AvgIpc) is 2.53. The zero-order valence-corrected chi connectivity index (χ0v) is 14.9. The molecule has 0 spiro atoms. The number of hydrogen-bond acceptors (Lipinski definition) is 3. The number of carbonyl (C=O) groups is 1. The van der Waals surface area contributed by atoms with Crippen LogP contribution in [0.25, 0.3) is 0 Å². The summed E-state index contributed by atoms with van der Waals surface area (Å²) >= 11 is 0. The summed E-state index contributed by atoms with van der Waals surface area (Å²) < 4.78 is 0. The summed E-state index contributed by atoms with van der Waals surface area (Å²) in [6.45, 7) is 8.34. The van der Waals surface area contributed by atoms with Crippen LogP contribution in [0.4, 0.5) is 0 Å². The molecule has 0 radical (unpaired) electrons. The van der Waals surface area contributed by atoms with Crippen LogP contribution in [-0.4, -0.2) is 54.8 Å². The van der Waals surface area contributed by atoms with Gasteiger partial charge in [0.2, 0.25) is 5.91 Å². The maximum absolute atomic E-state index is 12.4. The monoisotopic (exact) mass is 309 g/mol. The standard InChI is InChI=1S/C18H35N3O/c1-4-6-15-21(16-7-5-2)18(22)12-9-8-11-17-19-13-10-14-20(17)3/h4-16H2,1-3H3. The second-order valence-corrected chi connectivity index (χ2v) is 6.37. The van der Waals surface area contributed by atoms with Crippen molar-refractivity contribution in [2.45, 2.75) is 71.6 Å². The fourth-order valence-corrected chi connectivity index (χ4v) is 2.81. The Hall–Kier alpha value is -1.06. The molecule has 22 heavy (non-hydrogen) atoms. The number of hydrogen-bond donors (Lipinski definition) is 0. The Morgan fingerprint density at radius 1 is 1.14 bits per heavy atom. The Kier molecular flexibility index (Phi) is 9.93. The van der Waals surface area contributed by atoms with Gasteiger partial charge in [-0.1, -0.05) is 26.7 Å². The Morgan fingerprint density at radius 2 is 1.82 bits per heavy atom. The first-order valence-electron chi connectivity index (χ1n) is 9.21. The van der Waals surface area contributed by atoms with Gasteiger partial charge in [0.1, 0.15) is 0 Å². The third kappa shape index (κ3) is 7.28.